The number of nitrogens with zero attached hydrogens (tertiary/aromatic N) is 1. The molecule has 7 heteroatoms. The summed E-state index contributed by atoms with van der Waals surface area (Å²) in [5.41, 5.74) is 2.29. The first kappa shape index (κ1) is 17.7. The van der Waals surface area contributed by atoms with E-state index in [2.05, 4.69) is 0 Å². The molecule has 0 amide bonds. The van der Waals surface area contributed by atoms with Crippen molar-refractivity contribution in [2.24, 2.45) is 0 Å². The summed E-state index contributed by atoms with van der Waals surface area (Å²) < 4.78 is 51.4. The zero-order valence-corrected chi connectivity index (χ0v) is 15.6. The summed E-state index contributed by atoms with van der Waals surface area (Å²) in [6.45, 7) is 3.74. The predicted octanol–water partition coefficient (Wildman–Crippen LogP) is 2.81. The first-order valence-electron chi connectivity index (χ1n) is 7.78. The van der Waals surface area contributed by atoms with E-state index in [4.69, 9.17) is 0 Å². The minimum Gasteiger partial charge on any atom is -0.258 e. The molecule has 0 aliphatic carbocycles. The van der Waals surface area contributed by atoms with Gasteiger partial charge in [0.2, 0.25) is 0 Å². The molecular weight excluding hydrogens is 358 g/mol. The molecule has 0 spiro atoms. The number of aryl methyl sites for hydroxylation is 2. The van der Waals surface area contributed by atoms with Gasteiger partial charge < -0.3 is 0 Å². The normalized spacial score (nSPS) is 19.0. The SMILES string of the molecule is Cc1ccc(S(=O)(=O)N(c2cccc(C)c2)C2C=CS(=O)(=O)C2)cc1. The van der Waals surface area contributed by atoms with Gasteiger partial charge in [-0.15, -0.1) is 0 Å². The van der Waals surface area contributed by atoms with Crippen LogP contribution in [0.4, 0.5) is 5.69 Å². The van der Waals surface area contributed by atoms with E-state index in [0.29, 0.717) is 5.69 Å². The summed E-state index contributed by atoms with van der Waals surface area (Å²) in [6, 6.07) is 12.8. The molecule has 1 atom stereocenters. The third-order valence-electron chi connectivity index (χ3n) is 4.05. The number of benzene rings is 2. The number of anilines is 1. The Hall–Kier alpha value is -2.12. The zero-order chi connectivity index (χ0) is 18.2. The van der Waals surface area contributed by atoms with Gasteiger partial charge in [-0.2, -0.15) is 0 Å². The van der Waals surface area contributed by atoms with E-state index in [1.807, 2.05) is 19.9 Å². The van der Waals surface area contributed by atoms with Crippen LogP contribution in [0.5, 0.6) is 0 Å². The van der Waals surface area contributed by atoms with E-state index in [1.54, 1.807) is 42.5 Å². The summed E-state index contributed by atoms with van der Waals surface area (Å²) in [6.07, 6.45) is 1.43. The maximum atomic E-state index is 13.3. The third-order valence-corrected chi connectivity index (χ3v) is 7.29. The minimum atomic E-state index is -3.90. The largest absolute Gasteiger partial charge is 0.264 e. The van der Waals surface area contributed by atoms with Crippen molar-refractivity contribution in [3.8, 4) is 0 Å². The summed E-state index contributed by atoms with van der Waals surface area (Å²) in [5.74, 6) is -0.258. The van der Waals surface area contributed by atoms with Crippen LogP contribution in [0.2, 0.25) is 0 Å². The Morgan fingerprint density at radius 1 is 1.00 bits per heavy atom. The molecule has 0 N–H and O–H groups in total. The molecule has 1 heterocycles. The highest BCUT2D eigenvalue weighted by Crippen LogP contribution is 2.30. The van der Waals surface area contributed by atoms with Gasteiger partial charge in [0.1, 0.15) is 0 Å². The molecular formula is C18H19NO4S2. The average molecular weight is 377 g/mol. The van der Waals surface area contributed by atoms with Gasteiger partial charge in [0.15, 0.2) is 9.84 Å². The predicted molar refractivity (Wildman–Crippen MR) is 98.7 cm³/mol. The number of sulfonamides is 1. The van der Waals surface area contributed by atoms with Crippen molar-refractivity contribution >= 4 is 25.5 Å². The number of sulfone groups is 1. The Labute approximate surface area is 148 Å². The Balaban J connectivity index is 2.14. The van der Waals surface area contributed by atoms with Crippen LogP contribution in [0, 0.1) is 13.8 Å². The van der Waals surface area contributed by atoms with Gasteiger partial charge in [-0.1, -0.05) is 29.8 Å². The van der Waals surface area contributed by atoms with E-state index in [1.165, 1.54) is 10.4 Å². The Morgan fingerprint density at radius 3 is 2.24 bits per heavy atom. The maximum Gasteiger partial charge on any atom is 0.264 e. The molecule has 1 aliphatic heterocycles. The Bertz CT molecular complexity index is 1020. The van der Waals surface area contributed by atoms with Gasteiger partial charge in [-0.25, -0.2) is 16.8 Å². The van der Waals surface area contributed by atoms with Crippen LogP contribution in [0.25, 0.3) is 0 Å². The summed E-state index contributed by atoms with van der Waals surface area (Å²) in [7, 11) is -7.30. The second-order valence-electron chi connectivity index (χ2n) is 6.18. The fourth-order valence-corrected chi connectivity index (χ4v) is 5.76. The lowest BCUT2D eigenvalue weighted by Gasteiger charge is -2.29. The fourth-order valence-electron chi connectivity index (χ4n) is 2.80. The summed E-state index contributed by atoms with van der Waals surface area (Å²) >= 11 is 0. The molecule has 0 saturated carbocycles. The topological polar surface area (TPSA) is 71.5 Å². The molecule has 1 unspecified atom stereocenters. The lowest BCUT2D eigenvalue weighted by Crippen LogP contribution is -2.41. The first-order valence-corrected chi connectivity index (χ1v) is 10.9. The Morgan fingerprint density at radius 2 is 1.68 bits per heavy atom. The van der Waals surface area contributed by atoms with Crippen molar-refractivity contribution in [1.82, 2.24) is 0 Å². The highest BCUT2D eigenvalue weighted by Gasteiger charge is 2.35. The molecule has 0 radical (unpaired) electrons. The van der Waals surface area contributed by atoms with Gasteiger partial charge >= 0.3 is 0 Å². The van der Waals surface area contributed by atoms with Gasteiger partial charge in [0.25, 0.3) is 10.0 Å². The molecule has 2 aromatic carbocycles. The first-order chi connectivity index (χ1) is 11.7. The van der Waals surface area contributed by atoms with E-state index < -0.39 is 25.9 Å². The lowest BCUT2D eigenvalue weighted by molar-refractivity contribution is 0.586. The van der Waals surface area contributed by atoms with Gasteiger partial charge in [-0.05, 0) is 49.8 Å². The van der Waals surface area contributed by atoms with E-state index in [-0.39, 0.29) is 10.6 Å². The quantitative estimate of drug-likeness (QED) is 0.821. The van der Waals surface area contributed by atoms with Crippen LogP contribution in [-0.2, 0) is 19.9 Å². The molecule has 2 aromatic rings. The van der Waals surface area contributed by atoms with Gasteiger partial charge in [0, 0.05) is 5.41 Å². The highest BCUT2D eigenvalue weighted by molar-refractivity contribution is 7.95. The molecule has 3 rings (SSSR count). The summed E-state index contributed by atoms with van der Waals surface area (Å²) in [5, 5.41) is 1.09. The molecule has 0 bridgehead atoms. The summed E-state index contributed by atoms with van der Waals surface area (Å²) in [4.78, 5) is 0.136. The molecule has 1 aliphatic rings. The standard InChI is InChI=1S/C18H19NO4S2/c1-14-6-8-18(9-7-14)25(22,23)19(16-5-3-4-15(2)12-16)17-10-11-24(20,21)13-17/h3-12,17H,13H2,1-2H3. The molecule has 0 saturated heterocycles. The van der Waals surface area contributed by atoms with Crippen molar-refractivity contribution in [2.75, 3.05) is 10.1 Å². The van der Waals surface area contributed by atoms with Crippen molar-refractivity contribution in [1.29, 1.82) is 0 Å². The maximum absolute atomic E-state index is 13.3. The fraction of sp³-hybridized carbons (Fsp3) is 0.222. The van der Waals surface area contributed by atoms with Crippen molar-refractivity contribution in [3.05, 3.63) is 71.1 Å². The van der Waals surface area contributed by atoms with Crippen LogP contribution in [-0.4, -0.2) is 28.6 Å². The van der Waals surface area contributed by atoms with E-state index in [0.717, 1.165) is 16.5 Å². The van der Waals surface area contributed by atoms with E-state index >= 15 is 0 Å². The third kappa shape index (κ3) is 3.62. The molecule has 25 heavy (non-hydrogen) atoms. The minimum absolute atomic E-state index is 0.136. The van der Waals surface area contributed by atoms with Crippen LogP contribution in [0.15, 0.2) is 64.9 Å². The monoisotopic (exact) mass is 377 g/mol. The lowest BCUT2D eigenvalue weighted by atomic mass is 10.2. The molecule has 0 aromatic heterocycles. The molecule has 0 fully saturated rings. The van der Waals surface area contributed by atoms with Gasteiger partial charge in [0.05, 0.1) is 22.4 Å². The molecule has 132 valence electrons. The smallest absolute Gasteiger partial charge is 0.258 e. The van der Waals surface area contributed by atoms with Gasteiger partial charge in [-0.3, -0.25) is 4.31 Å². The van der Waals surface area contributed by atoms with Crippen molar-refractivity contribution in [3.63, 3.8) is 0 Å². The van der Waals surface area contributed by atoms with Crippen LogP contribution in [0.3, 0.4) is 0 Å². The Kier molecular flexibility index (Phi) is 4.47. The number of hydrogen-bond acceptors (Lipinski definition) is 4. The highest BCUT2D eigenvalue weighted by atomic mass is 32.2. The van der Waals surface area contributed by atoms with E-state index in [9.17, 15) is 16.8 Å². The second kappa shape index (κ2) is 6.31. The zero-order valence-electron chi connectivity index (χ0n) is 14.0. The second-order valence-corrected chi connectivity index (χ2v) is 9.92. The van der Waals surface area contributed by atoms with Crippen LogP contribution < -0.4 is 4.31 Å². The van der Waals surface area contributed by atoms with Crippen molar-refractivity contribution in [2.45, 2.75) is 24.8 Å². The average Bonchev–Trinajstić information content (AvgIpc) is 2.87. The molecule has 5 nitrogen and oxygen atoms in total. The number of rotatable bonds is 4. The van der Waals surface area contributed by atoms with Crippen LogP contribution >= 0.6 is 0 Å². The number of hydrogen-bond donors (Lipinski definition) is 0. The van der Waals surface area contributed by atoms with Crippen LogP contribution in [0.1, 0.15) is 11.1 Å². The van der Waals surface area contributed by atoms with Crippen molar-refractivity contribution < 1.29 is 16.8 Å².